The molecule has 5 aliphatic rings. The molecule has 9 nitrogen and oxygen atoms in total. The fourth-order valence-electron chi connectivity index (χ4n) is 9.09. The number of nitrogens with zero attached hydrogens (tertiary/aromatic N) is 2. The fraction of sp³-hybridized carbons (Fsp3) is 0.514. The van der Waals surface area contributed by atoms with Gasteiger partial charge >= 0.3 is 5.97 Å². The second kappa shape index (κ2) is 12.2. The molecule has 10 heteroatoms. The van der Waals surface area contributed by atoms with Gasteiger partial charge in [0.25, 0.3) is 0 Å². The molecule has 0 spiro atoms. The van der Waals surface area contributed by atoms with Gasteiger partial charge in [-0.05, 0) is 98.8 Å². The number of anilines is 1. The minimum absolute atomic E-state index is 0.0683. The number of aliphatic carboxylic acids is 1. The van der Waals surface area contributed by atoms with E-state index in [1.54, 1.807) is 41.3 Å². The molecule has 1 aliphatic heterocycles. The van der Waals surface area contributed by atoms with Crippen LogP contribution in [0.25, 0.3) is 0 Å². The number of carbonyl (C=O) groups is 5. The van der Waals surface area contributed by atoms with Gasteiger partial charge < -0.3 is 20.2 Å². The normalized spacial score (nSPS) is 29.8. The van der Waals surface area contributed by atoms with Crippen molar-refractivity contribution < 1.29 is 29.1 Å². The summed E-state index contributed by atoms with van der Waals surface area (Å²) in [6.07, 6.45) is 6.51. The van der Waals surface area contributed by atoms with Crippen LogP contribution in [0.5, 0.6) is 0 Å². The van der Waals surface area contributed by atoms with Crippen molar-refractivity contribution in [2.24, 2.45) is 23.2 Å². The van der Waals surface area contributed by atoms with E-state index < -0.39 is 41.7 Å². The maximum absolute atomic E-state index is 15.1. The first-order valence-electron chi connectivity index (χ1n) is 15.9. The molecule has 0 radical (unpaired) electrons. The molecule has 2 aromatic carbocycles. The summed E-state index contributed by atoms with van der Waals surface area (Å²) >= 11 is 6.58. The molecule has 45 heavy (non-hydrogen) atoms. The van der Waals surface area contributed by atoms with E-state index in [1.165, 1.54) is 38.0 Å². The highest BCUT2D eigenvalue weighted by Gasteiger charge is 2.54. The van der Waals surface area contributed by atoms with Gasteiger partial charge in [-0.25, -0.2) is 0 Å². The van der Waals surface area contributed by atoms with Crippen molar-refractivity contribution in [3.05, 3.63) is 64.7 Å². The van der Waals surface area contributed by atoms with Gasteiger partial charge in [0.2, 0.25) is 17.7 Å². The summed E-state index contributed by atoms with van der Waals surface area (Å²) in [7, 11) is 0. The predicted molar refractivity (Wildman–Crippen MR) is 169 cm³/mol. The Balaban J connectivity index is 1.49. The Morgan fingerprint density at radius 2 is 1.58 bits per heavy atom. The molecular formula is C35H40ClN3O6. The third kappa shape index (κ3) is 6.11. The third-order valence-corrected chi connectivity index (χ3v) is 10.9. The number of hydrogen-bond donors (Lipinski definition) is 2. The van der Waals surface area contributed by atoms with E-state index in [0.29, 0.717) is 40.4 Å². The largest absolute Gasteiger partial charge is 0.480 e. The molecule has 4 aliphatic carbocycles. The number of hydrogen-bond acceptors (Lipinski definition) is 5. The van der Waals surface area contributed by atoms with Crippen LogP contribution in [-0.2, 0) is 25.7 Å². The Labute approximate surface area is 268 Å². The van der Waals surface area contributed by atoms with E-state index in [2.05, 4.69) is 5.32 Å². The second-order valence-corrected chi connectivity index (χ2v) is 14.2. The van der Waals surface area contributed by atoms with Gasteiger partial charge in [0, 0.05) is 23.9 Å². The molecule has 4 bridgehead atoms. The van der Waals surface area contributed by atoms with Crippen LogP contribution in [0.4, 0.5) is 5.69 Å². The molecule has 4 fully saturated rings. The zero-order valence-electron chi connectivity index (χ0n) is 25.7. The number of halogens is 1. The summed E-state index contributed by atoms with van der Waals surface area (Å²) in [5, 5.41) is 12.5. The molecule has 2 aromatic rings. The number of fused-ring (bicyclic) bond motifs is 1. The van der Waals surface area contributed by atoms with Crippen LogP contribution >= 0.6 is 11.6 Å². The summed E-state index contributed by atoms with van der Waals surface area (Å²) in [6.45, 7) is 2.71. The number of nitrogens with one attached hydrogen (secondary N) is 1. The predicted octanol–water partition coefficient (Wildman–Crippen LogP) is 5.24. The van der Waals surface area contributed by atoms with Crippen LogP contribution in [-0.4, -0.2) is 57.6 Å². The molecule has 2 N–H and O–H groups in total. The first-order chi connectivity index (χ1) is 21.4. The standard InChI is InChI=1S/C35H40ClN3O6/c1-20(34(44)45)37-32(42)29-14-31(41)26-8-4-6-10-28(26)38(19-25-7-3-5-9-27(25)36)33(43)30(39(29)21(2)40)18-35-15-22-11-23(16-35)13-24(12-22)17-35/h3-10,20,22-24,29-30H,11-19H2,1-2H3,(H,37,42)(H,44,45)/t20-,22?,23?,24?,29+,30-,35?/m1/s1. The topological polar surface area (TPSA) is 124 Å². The number of benzene rings is 2. The highest BCUT2D eigenvalue weighted by atomic mass is 35.5. The molecule has 0 aromatic heterocycles. The Morgan fingerprint density at radius 3 is 2.18 bits per heavy atom. The lowest BCUT2D eigenvalue weighted by Gasteiger charge is -2.58. The number of carboxylic acid groups (broad SMARTS) is 1. The van der Waals surface area contributed by atoms with Crippen molar-refractivity contribution >= 4 is 46.8 Å². The van der Waals surface area contributed by atoms with E-state index in [0.717, 1.165) is 19.3 Å². The number of rotatable bonds is 7. The van der Waals surface area contributed by atoms with Crippen LogP contribution < -0.4 is 10.2 Å². The lowest BCUT2D eigenvalue weighted by molar-refractivity contribution is -0.150. The average Bonchev–Trinajstić information content (AvgIpc) is 3.01. The molecule has 1 heterocycles. The van der Waals surface area contributed by atoms with E-state index in [9.17, 15) is 24.3 Å². The van der Waals surface area contributed by atoms with E-state index in [1.807, 2.05) is 12.1 Å². The molecule has 7 rings (SSSR count). The average molecular weight is 634 g/mol. The molecule has 0 saturated heterocycles. The molecule has 0 unspecified atom stereocenters. The Hall–Kier alpha value is -3.72. The number of Topliss-reactive ketones (excluding diaryl/α,β-unsaturated/α-hetero) is 1. The van der Waals surface area contributed by atoms with Gasteiger partial charge in [0.15, 0.2) is 5.78 Å². The first kappa shape index (κ1) is 31.3. The fourth-order valence-corrected chi connectivity index (χ4v) is 9.28. The number of amides is 3. The van der Waals surface area contributed by atoms with Gasteiger partial charge in [-0.1, -0.05) is 41.9 Å². The van der Waals surface area contributed by atoms with Gasteiger partial charge in [-0.15, -0.1) is 0 Å². The molecule has 4 saturated carbocycles. The van der Waals surface area contributed by atoms with Gasteiger partial charge in [0.05, 0.1) is 12.2 Å². The SMILES string of the molecule is CC(=O)N1[C@H](CC23CC4CC(CC(C4)C2)C3)C(=O)N(Cc2ccccc2Cl)c2ccccc2C(=O)C[C@H]1C(=O)N[C@H](C)C(=O)O. The number of ketones is 1. The maximum Gasteiger partial charge on any atom is 0.325 e. The third-order valence-electron chi connectivity index (χ3n) is 10.6. The van der Waals surface area contributed by atoms with Gasteiger partial charge in [0.1, 0.15) is 18.1 Å². The Kier molecular flexibility index (Phi) is 8.50. The summed E-state index contributed by atoms with van der Waals surface area (Å²) in [5.41, 5.74) is 1.17. The van der Waals surface area contributed by atoms with Crippen LogP contribution in [0.3, 0.4) is 0 Å². The molecule has 3 amide bonds. The summed E-state index contributed by atoms with van der Waals surface area (Å²) < 4.78 is 0. The van der Waals surface area contributed by atoms with Crippen LogP contribution in [0, 0.1) is 23.2 Å². The van der Waals surface area contributed by atoms with Crippen molar-refractivity contribution in [2.45, 2.75) is 89.9 Å². The quantitative estimate of drug-likeness (QED) is 0.430. The minimum atomic E-state index is -1.37. The summed E-state index contributed by atoms with van der Waals surface area (Å²) in [6, 6.07) is 10.3. The number of carboxylic acids is 1. The zero-order valence-corrected chi connectivity index (χ0v) is 26.5. The first-order valence-corrected chi connectivity index (χ1v) is 16.3. The smallest absolute Gasteiger partial charge is 0.325 e. The van der Waals surface area contributed by atoms with Crippen molar-refractivity contribution in [3.8, 4) is 0 Å². The minimum Gasteiger partial charge on any atom is -0.480 e. The molecule has 3 atom stereocenters. The highest BCUT2D eigenvalue weighted by Crippen LogP contribution is 2.62. The Morgan fingerprint density at radius 1 is 0.978 bits per heavy atom. The lowest BCUT2D eigenvalue weighted by Crippen LogP contribution is -2.61. The van der Waals surface area contributed by atoms with Crippen molar-refractivity contribution in [2.75, 3.05) is 4.90 Å². The Bertz CT molecular complexity index is 1510. The van der Waals surface area contributed by atoms with Crippen molar-refractivity contribution in [1.82, 2.24) is 10.2 Å². The second-order valence-electron chi connectivity index (χ2n) is 13.8. The summed E-state index contributed by atoms with van der Waals surface area (Å²) in [5.74, 6) is -1.57. The molecular weight excluding hydrogens is 594 g/mol. The van der Waals surface area contributed by atoms with Crippen molar-refractivity contribution in [3.63, 3.8) is 0 Å². The van der Waals surface area contributed by atoms with Crippen LogP contribution in [0.1, 0.15) is 81.1 Å². The van der Waals surface area contributed by atoms with E-state index >= 15 is 4.79 Å². The van der Waals surface area contributed by atoms with Crippen LogP contribution in [0.15, 0.2) is 48.5 Å². The van der Waals surface area contributed by atoms with Crippen LogP contribution in [0.2, 0.25) is 5.02 Å². The van der Waals surface area contributed by atoms with Gasteiger partial charge in [-0.2, -0.15) is 0 Å². The zero-order chi connectivity index (χ0) is 32.0. The monoisotopic (exact) mass is 633 g/mol. The van der Waals surface area contributed by atoms with Crippen molar-refractivity contribution in [1.29, 1.82) is 0 Å². The lowest BCUT2D eigenvalue weighted by atomic mass is 9.48. The maximum atomic E-state index is 15.1. The van der Waals surface area contributed by atoms with E-state index in [4.69, 9.17) is 11.6 Å². The summed E-state index contributed by atoms with van der Waals surface area (Å²) in [4.78, 5) is 71.2. The van der Waals surface area contributed by atoms with E-state index in [-0.39, 0.29) is 29.9 Å². The highest BCUT2D eigenvalue weighted by molar-refractivity contribution is 6.31. The number of carbonyl (C=O) groups excluding carboxylic acids is 4. The number of para-hydroxylation sites is 1. The molecule has 238 valence electrons. The van der Waals surface area contributed by atoms with Gasteiger partial charge in [-0.3, -0.25) is 24.0 Å².